The number of aliphatic imine (C=N–C) groups is 1. The molecule has 0 unspecified atom stereocenters. The van der Waals surface area contributed by atoms with Gasteiger partial charge in [0.1, 0.15) is 5.75 Å². The van der Waals surface area contributed by atoms with Gasteiger partial charge < -0.3 is 10.1 Å². The van der Waals surface area contributed by atoms with Crippen LogP contribution in [0.2, 0.25) is 0 Å². The number of carbonyl (C=O) groups is 1. The van der Waals surface area contributed by atoms with Gasteiger partial charge in [-0.15, -0.1) is 0 Å². The molecule has 0 aromatic heterocycles. The van der Waals surface area contributed by atoms with E-state index >= 15 is 0 Å². The average Bonchev–Trinajstić information content (AvgIpc) is 2.67. The number of amidine groups is 1. The molecule has 10 heteroatoms. The van der Waals surface area contributed by atoms with Crippen molar-refractivity contribution in [3.8, 4) is 5.75 Å². The molecule has 0 saturated heterocycles. The highest BCUT2D eigenvalue weighted by Gasteiger charge is 2.33. The lowest BCUT2D eigenvalue weighted by Crippen LogP contribution is -2.27. The van der Waals surface area contributed by atoms with Crippen molar-refractivity contribution < 1.29 is 22.7 Å². The number of para-hydroxylation sites is 1. The van der Waals surface area contributed by atoms with E-state index in [4.69, 9.17) is 4.74 Å². The number of ether oxygens (including phenoxy) is 1. The molecule has 2 aromatic carbocycles. The zero-order valence-corrected chi connectivity index (χ0v) is 15.0. The molecule has 144 valence electrons. The summed E-state index contributed by atoms with van der Waals surface area (Å²) < 4.78 is 44.6. The number of thioether (sulfide) groups is 1. The summed E-state index contributed by atoms with van der Waals surface area (Å²) in [5.41, 5.74) is 3.72. The highest BCUT2D eigenvalue weighted by atomic mass is 32.2. The van der Waals surface area contributed by atoms with Crippen molar-refractivity contribution in [3.63, 3.8) is 0 Å². The zero-order valence-electron chi connectivity index (χ0n) is 14.2. The van der Waals surface area contributed by atoms with Crippen LogP contribution in [0, 0.1) is 0 Å². The van der Waals surface area contributed by atoms with E-state index in [1.165, 1.54) is 30.0 Å². The van der Waals surface area contributed by atoms with Gasteiger partial charge in [0.25, 0.3) is 5.91 Å². The molecule has 0 fully saturated rings. The summed E-state index contributed by atoms with van der Waals surface area (Å²) in [4.78, 5) is 15.5. The van der Waals surface area contributed by atoms with Crippen molar-refractivity contribution in [2.24, 2.45) is 10.1 Å². The summed E-state index contributed by atoms with van der Waals surface area (Å²) in [6, 6.07) is 10.4. The van der Waals surface area contributed by atoms with Gasteiger partial charge in [0, 0.05) is 11.3 Å². The molecule has 2 heterocycles. The van der Waals surface area contributed by atoms with Gasteiger partial charge in [-0.1, -0.05) is 23.9 Å². The fourth-order valence-corrected chi connectivity index (χ4v) is 3.48. The Labute approximate surface area is 161 Å². The van der Waals surface area contributed by atoms with Gasteiger partial charge >= 0.3 is 6.18 Å². The fraction of sp³-hybridized carbons (Fsp3) is 0.167. The average molecular weight is 406 g/mol. The maximum absolute atomic E-state index is 13.1. The lowest BCUT2D eigenvalue weighted by molar-refractivity contribution is -0.137. The summed E-state index contributed by atoms with van der Waals surface area (Å²) in [6.07, 6.45) is -4.48. The highest BCUT2D eigenvalue weighted by molar-refractivity contribution is 8.14. The van der Waals surface area contributed by atoms with Gasteiger partial charge in [0.15, 0.2) is 11.8 Å². The Balaban J connectivity index is 1.55. The molecule has 0 saturated carbocycles. The molecular weight excluding hydrogens is 393 g/mol. The molecule has 0 bridgehead atoms. The second-order valence-corrected chi connectivity index (χ2v) is 6.90. The SMILES string of the molecule is O=C1COc2ccc(C3=NNC(=Nc4ccccc4C(F)(F)F)SC3)cc2N1. The van der Waals surface area contributed by atoms with E-state index in [-0.39, 0.29) is 23.4 Å². The summed E-state index contributed by atoms with van der Waals surface area (Å²) in [7, 11) is 0. The van der Waals surface area contributed by atoms with Gasteiger partial charge in [-0.3, -0.25) is 10.2 Å². The van der Waals surface area contributed by atoms with Crippen LogP contribution in [0.1, 0.15) is 11.1 Å². The summed E-state index contributed by atoms with van der Waals surface area (Å²) in [6.45, 7) is -0.0239. The Hall–Kier alpha value is -3.01. The second-order valence-electron chi connectivity index (χ2n) is 5.94. The van der Waals surface area contributed by atoms with E-state index in [9.17, 15) is 18.0 Å². The Morgan fingerprint density at radius 1 is 1.18 bits per heavy atom. The first-order valence-corrected chi connectivity index (χ1v) is 9.16. The quantitative estimate of drug-likeness (QED) is 0.796. The van der Waals surface area contributed by atoms with Gasteiger partial charge in [0.05, 0.1) is 22.6 Å². The van der Waals surface area contributed by atoms with E-state index in [0.717, 1.165) is 11.6 Å². The Morgan fingerprint density at radius 3 is 2.75 bits per heavy atom. The van der Waals surface area contributed by atoms with Crippen LogP contribution in [-0.2, 0) is 11.0 Å². The third-order valence-electron chi connectivity index (χ3n) is 4.01. The molecule has 2 N–H and O–H groups in total. The smallest absolute Gasteiger partial charge is 0.418 e. The normalized spacial score (nSPS) is 17.9. The third kappa shape index (κ3) is 3.81. The number of hydrogen-bond donors (Lipinski definition) is 2. The molecule has 0 atom stereocenters. The molecule has 0 radical (unpaired) electrons. The molecule has 1 amide bonds. The van der Waals surface area contributed by atoms with Crippen LogP contribution in [0.5, 0.6) is 5.75 Å². The number of fused-ring (bicyclic) bond motifs is 1. The van der Waals surface area contributed by atoms with Crippen LogP contribution in [-0.4, -0.2) is 29.1 Å². The molecule has 0 aliphatic carbocycles. The standard InChI is InChI=1S/C18H13F3N4O2S/c19-18(20,21)11-3-1-2-4-12(11)23-17-25-24-14(9-28-17)10-5-6-15-13(7-10)22-16(26)8-27-15/h1-7H,8-9H2,(H,22,26)(H,23,25). The van der Waals surface area contributed by atoms with Crippen molar-refractivity contribution >= 4 is 39.9 Å². The number of benzene rings is 2. The number of carbonyl (C=O) groups excluding carboxylic acids is 1. The van der Waals surface area contributed by atoms with E-state index in [2.05, 4.69) is 20.8 Å². The first kappa shape index (κ1) is 18.4. The summed E-state index contributed by atoms with van der Waals surface area (Å²) >= 11 is 1.24. The first-order valence-electron chi connectivity index (χ1n) is 8.17. The topological polar surface area (TPSA) is 75.1 Å². The molecule has 6 nitrogen and oxygen atoms in total. The first-order chi connectivity index (χ1) is 13.4. The van der Waals surface area contributed by atoms with Gasteiger partial charge in [-0.25, -0.2) is 4.99 Å². The predicted octanol–water partition coefficient (Wildman–Crippen LogP) is 3.76. The largest absolute Gasteiger partial charge is 0.482 e. The summed E-state index contributed by atoms with van der Waals surface area (Å²) in [5, 5.41) is 7.22. The zero-order chi connectivity index (χ0) is 19.7. The number of anilines is 1. The minimum Gasteiger partial charge on any atom is -0.482 e. The van der Waals surface area contributed by atoms with Gasteiger partial charge in [-0.05, 0) is 30.3 Å². The number of amides is 1. The van der Waals surface area contributed by atoms with Crippen LogP contribution in [0.15, 0.2) is 52.6 Å². The maximum Gasteiger partial charge on any atom is 0.418 e. The molecule has 4 rings (SSSR count). The van der Waals surface area contributed by atoms with Crippen molar-refractivity contribution in [2.45, 2.75) is 6.18 Å². The van der Waals surface area contributed by atoms with Gasteiger partial charge in [-0.2, -0.15) is 18.3 Å². The molecule has 28 heavy (non-hydrogen) atoms. The number of alkyl halides is 3. The maximum atomic E-state index is 13.1. The fourth-order valence-electron chi connectivity index (χ4n) is 2.70. The van der Waals surface area contributed by atoms with Crippen LogP contribution in [0.25, 0.3) is 0 Å². The molecule has 2 aromatic rings. The second kappa shape index (κ2) is 7.19. The predicted molar refractivity (Wildman–Crippen MR) is 101 cm³/mol. The summed E-state index contributed by atoms with van der Waals surface area (Å²) in [5.74, 6) is 0.750. The van der Waals surface area contributed by atoms with E-state index < -0.39 is 11.7 Å². The van der Waals surface area contributed by atoms with Crippen LogP contribution in [0.3, 0.4) is 0 Å². The Bertz CT molecular complexity index is 1000. The minimum absolute atomic E-state index is 0.0239. The highest BCUT2D eigenvalue weighted by Crippen LogP contribution is 2.36. The van der Waals surface area contributed by atoms with Crippen molar-refractivity contribution in [1.29, 1.82) is 0 Å². The lowest BCUT2D eigenvalue weighted by Gasteiger charge is -2.20. The van der Waals surface area contributed by atoms with E-state index in [1.54, 1.807) is 18.2 Å². The van der Waals surface area contributed by atoms with Crippen molar-refractivity contribution in [2.75, 3.05) is 17.7 Å². The van der Waals surface area contributed by atoms with Crippen molar-refractivity contribution in [1.82, 2.24) is 5.43 Å². The number of hydrogen-bond acceptors (Lipinski definition) is 5. The number of nitrogens with one attached hydrogen (secondary N) is 2. The minimum atomic E-state index is -4.48. The molecule has 0 spiro atoms. The van der Waals surface area contributed by atoms with Crippen LogP contribution >= 0.6 is 11.8 Å². The third-order valence-corrected chi connectivity index (χ3v) is 4.88. The molecule has 2 aliphatic rings. The molecular formula is C18H13F3N4O2S. The number of nitrogens with zero attached hydrogens (tertiary/aromatic N) is 2. The Morgan fingerprint density at radius 2 is 2.00 bits per heavy atom. The molecule has 2 aliphatic heterocycles. The lowest BCUT2D eigenvalue weighted by atomic mass is 10.1. The van der Waals surface area contributed by atoms with Crippen molar-refractivity contribution in [3.05, 3.63) is 53.6 Å². The number of halogens is 3. The van der Waals surface area contributed by atoms with E-state index in [0.29, 0.717) is 22.9 Å². The number of hydrazone groups is 1. The Kier molecular flexibility index (Phi) is 4.71. The van der Waals surface area contributed by atoms with Crippen LogP contribution in [0.4, 0.5) is 24.5 Å². The van der Waals surface area contributed by atoms with Gasteiger partial charge in [0.2, 0.25) is 0 Å². The number of rotatable bonds is 2. The van der Waals surface area contributed by atoms with E-state index in [1.807, 2.05) is 0 Å². The van der Waals surface area contributed by atoms with Crippen LogP contribution < -0.4 is 15.5 Å². The monoisotopic (exact) mass is 406 g/mol.